The molecule has 5 nitrogen and oxygen atoms in total. The van der Waals surface area contributed by atoms with Crippen molar-refractivity contribution in [2.45, 2.75) is 0 Å². The van der Waals surface area contributed by atoms with Gasteiger partial charge in [0, 0.05) is 11.8 Å². The fourth-order valence-corrected chi connectivity index (χ4v) is 3.67. The van der Waals surface area contributed by atoms with Crippen LogP contribution in [0.15, 0.2) is 59.1 Å². The third kappa shape index (κ3) is 3.65. The van der Waals surface area contributed by atoms with Gasteiger partial charge in [0.25, 0.3) is 0 Å². The van der Waals surface area contributed by atoms with Gasteiger partial charge < -0.3 is 4.90 Å². The van der Waals surface area contributed by atoms with Crippen molar-refractivity contribution in [1.82, 2.24) is 14.8 Å². The summed E-state index contributed by atoms with van der Waals surface area (Å²) < 4.78 is 1.94. The minimum absolute atomic E-state index is 0.988. The van der Waals surface area contributed by atoms with E-state index in [0.29, 0.717) is 0 Å². The van der Waals surface area contributed by atoms with Crippen LogP contribution in [0.3, 0.4) is 0 Å². The fraction of sp³-hybridized carbons (Fsp3) is 0.263. The van der Waals surface area contributed by atoms with E-state index in [0.717, 1.165) is 43.1 Å². The summed E-state index contributed by atoms with van der Waals surface area (Å²) in [6.07, 6.45) is 4.03. The minimum Gasteiger partial charge on any atom is -0.334 e. The molecule has 1 aliphatic rings. The lowest BCUT2D eigenvalue weighted by Crippen LogP contribution is -3.11. The zero-order chi connectivity index (χ0) is 17.1. The Kier molecular flexibility index (Phi) is 4.63. The molecule has 0 spiro atoms. The molecule has 1 N–H and O–H groups in total. The second-order valence-electron chi connectivity index (χ2n) is 6.35. The maximum absolute atomic E-state index is 4.81. The zero-order valence-corrected chi connectivity index (χ0v) is 15.1. The van der Waals surface area contributed by atoms with E-state index in [-0.39, 0.29) is 0 Å². The van der Waals surface area contributed by atoms with E-state index in [9.17, 15) is 0 Å². The summed E-state index contributed by atoms with van der Waals surface area (Å²) in [5.74, 6) is 0. The average Bonchev–Trinajstić information content (AvgIpc) is 3.31. The van der Waals surface area contributed by atoms with Crippen LogP contribution in [0.2, 0.25) is 0 Å². The Hall–Kier alpha value is -2.44. The number of nitrogens with zero attached hydrogens (tertiary/aromatic N) is 4. The van der Waals surface area contributed by atoms with Crippen LogP contribution in [-0.2, 0) is 0 Å². The molecule has 0 atom stereocenters. The number of nitrogens with one attached hydrogen (secondary N) is 1. The molecule has 3 heterocycles. The largest absolute Gasteiger partial charge is 0.334 e. The van der Waals surface area contributed by atoms with Crippen molar-refractivity contribution in [1.29, 1.82) is 0 Å². The Balaban J connectivity index is 1.64. The highest BCUT2D eigenvalue weighted by atomic mass is 32.1. The van der Waals surface area contributed by atoms with Gasteiger partial charge in [0.15, 0.2) is 0 Å². The molecule has 1 fully saturated rings. The molecule has 4 rings (SSSR count). The van der Waals surface area contributed by atoms with Crippen molar-refractivity contribution in [3.8, 4) is 16.3 Å². The number of hydrogen-bond donors (Lipinski definition) is 1. The first-order valence-corrected chi connectivity index (χ1v) is 9.47. The molecule has 0 bridgehead atoms. The van der Waals surface area contributed by atoms with Crippen molar-refractivity contribution in [3.05, 3.63) is 59.6 Å². The number of hydrogen-bond acceptors (Lipinski definition) is 4. The van der Waals surface area contributed by atoms with E-state index in [4.69, 9.17) is 10.2 Å². The van der Waals surface area contributed by atoms with Gasteiger partial charge in [0.05, 0.1) is 50.0 Å². The summed E-state index contributed by atoms with van der Waals surface area (Å²) in [6, 6.07) is 14.4. The molecule has 0 amide bonds. The number of benzene rings is 1. The number of rotatable bonds is 4. The molecule has 1 aromatic carbocycles. The van der Waals surface area contributed by atoms with E-state index in [1.54, 1.807) is 16.2 Å². The summed E-state index contributed by atoms with van der Waals surface area (Å²) in [5, 5.41) is 13.8. The van der Waals surface area contributed by atoms with Gasteiger partial charge in [-0.2, -0.15) is 10.2 Å². The lowest BCUT2D eigenvalue weighted by atomic mass is 10.2. The lowest BCUT2D eigenvalue weighted by molar-refractivity contribution is -0.884. The normalized spacial score (nSPS) is 16.0. The van der Waals surface area contributed by atoms with Crippen molar-refractivity contribution >= 4 is 17.6 Å². The number of likely N-dealkylation sites (N-methyl/N-ethyl adjacent to an activating group) is 1. The van der Waals surface area contributed by atoms with Crippen LogP contribution in [0, 0.1) is 0 Å². The molecule has 25 heavy (non-hydrogen) atoms. The third-order valence-electron chi connectivity index (χ3n) is 4.47. The first-order valence-electron chi connectivity index (χ1n) is 8.59. The molecular formula is C19H22N5S+. The highest BCUT2D eigenvalue weighted by Crippen LogP contribution is 2.26. The quantitative estimate of drug-likeness (QED) is 0.727. The maximum atomic E-state index is 4.81. The highest BCUT2D eigenvalue weighted by Gasteiger charge is 2.16. The number of aromatic nitrogens is 2. The Labute approximate surface area is 151 Å². The third-order valence-corrected chi connectivity index (χ3v) is 5.35. The van der Waals surface area contributed by atoms with Gasteiger partial charge in [-0.1, -0.05) is 24.3 Å². The minimum atomic E-state index is 0.988. The Morgan fingerprint density at radius 3 is 2.64 bits per heavy atom. The molecular weight excluding hydrogens is 330 g/mol. The molecule has 2 aromatic heterocycles. The van der Waals surface area contributed by atoms with Crippen molar-refractivity contribution < 1.29 is 4.90 Å². The van der Waals surface area contributed by atoms with E-state index >= 15 is 0 Å². The Bertz CT molecular complexity index is 830. The first-order chi connectivity index (χ1) is 12.3. The monoisotopic (exact) mass is 352 g/mol. The van der Waals surface area contributed by atoms with Crippen LogP contribution in [0.25, 0.3) is 16.3 Å². The summed E-state index contributed by atoms with van der Waals surface area (Å²) in [4.78, 5) is 2.74. The van der Waals surface area contributed by atoms with Crippen LogP contribution < -0.4 is 4.90 Å². The van der Waals surface area contributed by atoms with Crippen molar-refractivity contribution in [2.24, 2.45) is 5.10 Å². The summed E-state index contributed by atoms with van der Waals surface area (Å²) >= 11 is 1.71. The highest BCUT2D eigenvalue weighted by molar-refractivity contribution is 7.13. The lowest BCUT2D eigenvalue weighted by Gasteiger charge is -2.27. The summed E-state index contributed by atoms with van der Waals surface area (Å²) in [6.45, 7) is 4.28. The molecule has 3 aromatic rings. The number of para-hydroxylation sites is 1. The number of hydrazone groups is 1. The van der Waals surface area contributed by atoms with E-state index < -0.39 is 0 Å². The van der Waals surface area contributed by atoms with Gasteiger partial charge in [-0.25, -0.2) is 4.68 Å². The predicted octanol–water partition coefficient (Wildman–Crippen LogP) is 1.77. The SMILES string of the molecule is C[NH+]1CCN(/N=C\c2cn(-c3ccccc3)nc2-c2cccs2)CC1. The summed E-state index contributed by atoms with van der Waals surface area (Å²) in [7, 11) is 2.24. The van der Waals surface area contributed by atoms with Gasteiger partial charge in [-0.3, -0.25) is 5.01 Å². The second kappa shape index (κ2) is 7.21. The van der Waals surface area contributed by atoms with Crippen LogP contribution in [0.1, 0.15) is 5.56 Å². The molecule has 0 unspecified atom stereocenters. The second-order valence-corrected chi connectivity index (χ2v) is 7.29. The average molecular weight is 352 g/mol. The Morgan fingerprint density at radius 2 is 1.92 bits per heavy atom. The van der Waals surface area contributed by atoms with Crippen LogP contribution in [0.4, 0.5) is 0 Å². The molecule has 0 radical (unpaired) electrons. The zero-order valence-electron chi connectivity index (χ0n) is 14.3. The van der Waals surface area contributed by atoms with Gasteiger partial charge in [0.1, 0.15) is 5.69 Å². The van der Waals surface area contributed by atoms with Crippen molar-refractivity contribution in [3.63, 3.8) is 0 Å². The van der Waals surface area contributed by atoms with Gasteiger partial charge >= 0.3 is 0 Å². The van der Waals surface area contributed by atoms with Crippen LogP contribution >= 0.6 is 11.3 Å². The predicted molar refractivity (Wildman–Crippen MR) is 103 cm³/mol. The molecule has 0 aliphatic carbocycles. The fourth-order valence-electron chi connectivity index (χ4n) is 2.94. The number of thiophene rings is 1. The maximum Gasteiger partial charge on any atom is 0.112 e. The molecule has 1 saturated heterocycles. The van der Waals surface area contributed by atoms with Gasteiger partial charge in [-0.15, -0.1) is 11.3 Å². The molecule has 128 valence electrons. The molecule has 0 saturated carbocycles. The molecule has 1 aliphatic heterocycles. The number of quaternary nitrogens is 1. The van der Waals surface area contributed by atoms with Crippen LogP contribution in [0.5, 0.6) is 0 Å². The smallest absolute Gasteiger partial charge is 0.112 e. The Morgan fingerprint density at radius 1 is 1.12 bits per heavy atom. The van der Waals surface area contributed by atoms with Gasteiger partial charge in [-0.05, 0) is 23.6 Å². The topological polar surface area (TPSA) is 37.9 Å². The van der Waals surface area contributed by atoms with Gasteiger partial charge in [0.2, 0.25) is 0 Å². The first kappa shape index (κ1) is 16.1. The van der Waals surface area contributed by atoms with E-state index in [2.05, 4.69) is 47.9 Å². The van der Waals surface area contributed by atoms with Crippen LogP contribution in [-0.4, -0.2) is 54.2 Å². The van der Waals surface area contributed by atoms with E-state index in [1.807, 2.05) is 29.1 Å². The molecule has 6 heteroatoms. The van der Waals surface area contributed by atoms with Crippen molar-refractivity contribution in [2.75, 3.05) is 33.2 Å². The summed E-state index contributed by atoms with van der Waals surface area (Å²) in [5.41, 5.74) is 3.10. The van der Waals surface area contributed by atoms with E-state index in [1.165, 1.54) is 4.88 Å². The standard InChI is InChI=1S/C19H21N5S/c1-22-9-11-23(12-10-22)20-14-16-15-24(17-6-3-2-4-7-17)21-19(16)18-8-5-13-25-18/h2-8,13-15H,9-12H2,1H3/p+1/b20-14-. The number of piperazine rings is 1.